The van der Waals surface area contributed by atoms with Gasteiger partial charge in [0, 0.05) is 12.8 Å². The number of hydrogen-bond acceptors (Lipinski definition) is 4. The van der Waals surface area contributed by atoms with E-state index in [2.05, 4.69) is 10.1 Å². The molecule has 0 spiro atoms. The number of ether oxygens (including phenoxy) is 1. The smallest absolute Gasteiger partial charge is 0.326 e. The molecule has 0 aromatic carbocycles. The SMILES string of the molecule is COC(=O)CCCCC(=O)N[C@@H](CC(C)C)C(=O)O. The third kappa shape index (κ3) is 9.04. The third-order valence-corrected chi connectivity index (χ3v) is 2.60. The highest BCUT2D eigenvalue weighted by Gasteiger charge is 2.20. The van der Waals surface area contributed by atoms with E-state index < -0.39 is 12.0 Å². The number of aliphatic carboxylic acids is 1. The first-order chi connectivity index (χ1) is 8.86. The molecule has 0 radical (unpaired) electrons. The van der Waals surface area contributed by atoms with Crippen LogP contribution < -0.4 is 5.32 Å². The number of rotatable bonds is 9. The third-order valence-electron chi connectivity index (χ3n) is 2.60. The molecule has 0 fully saturated rings. The Labute approximate surface area is 113 Å². The molecule has 0 unspecified atom stereocenters. The molecule has 0 aromatic rings. The predicted octanol–water partition coefficient (Wildman–Crippen LogP) is 1.34. The van der Waals surface area contributed by atoms with Crippen molar-refractivity contribution in [1.29, 1.82) is 0 Å². The van der Waals surface area contributed by atoms with Gasteiger partial charge < -0.3 is 15.2 Å². The molecule has 0 rings (SSSR count). The van der Waals surface area contributed by atoms with Gasteiger partial charge in [0.15, 0.2) is 0 Å². The zero-order chi connectivity index (χ0) is 14.8. The Morgan fingerprint density at radius 2 is 1.74 bits per heavy atom. The Balaban J connectivity index is 3.93. The lowest BCUT2D eigenvalue weighted by Gasteiger charge is -2.16. The maximum absolute atomic E-state index is 11.6. The van der Waals surface area contributed by atoms with Gasteiger partial charge in [0.1, 0.15) is 6.04 Å². The van der Waals surface area contributed by atoms with Gasteiger partial charge >= 0.3 is 11.9 Å². The minimum absolute atomic E-state index is 0.195. The summed E-state index contributed by atoms with van der Waals surface area (Å²) in [5, 5.41) is 11.5. The Kier molecular flexibility index (Phi) is 8.57. The minimum Gasteiger partial charge on any atom is -0.480 e. The summed E-state index contributed by atoms with van der Waals surface area (Å²) in [6, 6.07) is -0.840. The largest absolute Gasteiger partial charge is 0.480 e. The van der Waals surface area contributed by atoms with Gasteiger partial charge in [-0.05, 0) is 25.2 Å². The van der Waals surface area contributed by atoms with Crippen LogP contribution in [0.15, 0.2) is 0 Å². The van der Waals surface area contributed by atoms with E-state index in [0.717, 1.165) is 0 Å². The first-order valence-corrected chi connectivity index (χ1v) is 6.45. The average molecular weight is 273 g/mol. The van der Waals surface area contributed by atoms with Gasteiger partial charge in [-0.25, -0.2) is 4.79 Å². The summed E-state index contributed by atoms with van der Waals surface area (Å²) in [4.78, 5) is 33.4. The molecule has 0 saturated heterocycles. The summed E-state index contributed by atoms with van der Waals surface area (Å²) in [5.41, 5.74) is 0. The van der Waals surface area contributed by atoms with Gasteiger partial charge in [-0.15, -0.1) is 0 Å². The van der Waals surface area contributed by atoms with Crippen LogP contribution in [-0.4, -0.2) is 36.1 Å². The van der Waals surface area contributed by atoms with Crippen molar-refractivity contribution in [1.82, 2.24) is 5.32 Å². The highest BCUT2D eigenvalue weighted by molar-refractivity contribution is 5.83. The van der Waals surface area contributed by atoms with Crippen LogP contribution in [0.4, 0.5) is 0 Å². The second-order valence-electron chi connectivity index (χ2n) is 4.87. The second-order valence-corrected chi connectivity index (χ2v) is 4.87. The molecule has 0 aromatic heterocycles. The van der Waals surface area contributed by atoms with E-state index in [1.165, 1.54) is 7.11 Å². The molecule has 0 bridgehead atoms. The quantitative estimate of drug-likeness (QED) is 0.488. The van der Waals surface area contributed by atoms with Gasteiger partial charge in [-0.2, -0.15) is 0 Å². The highest BCUT2D eigenvalue weighted by Crippen LogP contribution is 2.06. The zero-order valence-electron chi connectivity index (χ0n) is 11.8. The Morgan fingerprint density at radius 1 is 1.16 bits per heavy atom. The molecule has 19 heavy (non-hydrogen) atoms. The number of esters is 1. The predicted molar refractivity (Wildman–Crippen MR) is 69.5 cm³/mol. The summed E-state index contributed by atoms with van der Waals surface area (Å²) in [5.74, 6) is -1.42. The number of amides is 1. The van der Waals surface area contributed by atoms with Crippen molar-refractivity contribution < 1.29 is 24.2 Å². The average Bonchev–Trinajstić information content (AvgIpc) is 2.32. The molecule has 1 amide bonds. The normalized spacial score (nSPS) is 12.0. The number of carbonyl (C=O) groups excluding carboxylic acids is 2. The standard InChI is InChI=1S/C13H23NO5/c1-9(2)8-10(13(17)18)14-11(15)6-4-5-7-12(16)19-3/h9-10H,4-8H2,1-3H3,(H,14,15)(H,17,18)/t10-/m0/s1. The molecule has 6 heteroatoms. The van der Waals surface area contributed by atoms with E-state index in [9.17, 15) is 14.4 Å². The lowest BCUT2D eigenvalue weighted by molar-refractivity contribution is -0.142. The van der Waals surface area contributed by atoms with Crippen LogP contribution in [-0.2, 0) is 19.1 Å². The van der Waals surface area contributed by atoms with E-state index in [0.29, 0.717) is 19.3 Å². The topological polar surface area (TPSA) is 92.7 Å². The first kappa shape index (κ1) is 17.4. The van der Waals surface area contributed by atoms with Crippen LogP contribution in [0.1, 0.15) is 46.0 Å². The molecule has 6 nitrogen and oxygen atoms in total. The number of methoxy groups -OCH3 is 1. The maximum Gasteiger partial charge on any atom is 0.326 e. The lowest BCUT2D eigenvalue weighted by Crippen LogP contribution is -2.41. The maximum atomic E-state index is 11.6. The molecular weight excluding hydrogens is 250 g/mol. The monoisotopic (exact) mass is 273 g/mol. The minimum atomic E-state index is -1.02. The molecule has 1 atom stereocenters. The van der Waals surface area contributed by atoms with E-state index in [-0.39, 0.29) is 30.6 Å². The van der Waals surface area contributed by atoms with Crippen LogP contribution in [0.3, 0.4) is 0 Å². The molecule has 110 valence electrons. The second kappa shape index (κ2) is 9.35. The fraction of sp³-hybridized carbons (Fsp3) is 0.769. The molecule has 0 heterocycles. The highest BCUT2D eigenvalue weighted by atomic mass is 16.5. The molecule has 2 N–H and O–H groups in total. The van der Waals surface area contributed by atoms with Crippen molar-refractivity contribution in [2.75, 3.05) is 7.11 Å². The lowest BCUT2D eigenvalue weighted by atomic mass is 10.0. The van der Waals surface area contributed by atoms with Gasteiger partial charge in [-0.1, -0.05) is 13.8 Å². The summed E-state index contributed by atoms with van der Waals surface area (Å²) in [7, 11) is 1.32. The Morgan fingerprint density at radius 3 is 2.21 bits per heavy atom. The number of carboxylic acid groups (broad SMARTS) is 1. The number of hydrogen-bond donors (Lipinski definition) is 2. The van der Waals surface area contributed by atoms with Crippen LogP contribution in [0.25, 0.3) is 0 Å². The molecular formula is C13H23NO5. The summed E-state index contributed by atoms with van der Waals surface area (Å²) in [6.45, 7) is 3.80. The molecule has 0 aliphatic heterocycles. The van der Waals surface area contributed by atoms with Crippen molar-refractivity contribution in [2.24, 2.45) is 5.92 Å². The van der Waals surface area contributed by atoms with Gasteiger partial charge in [-0.3, -0.25) is 9.59 Å². The number of unbranched alkanes of at least 4 members (excludes halogenated alkanes) is 1. The summed E-state index contributed by atoms with van der Waals surface area (Å²) >= 11 is 0. The summed E-state index contributed by atoms with van der Waals surface area (Å²) < 4.78 is 4.48. The molecule has 0 aliphatic rings. The van der Waals surface area contributed by atoms with Crippen LogP contribution in [0.5, 0.6) is 0 Å². The number of carboxylic acids is 1. The number of carbonyl (C=O) groups is 3. The summed E-state index contributed by atoms with van der Waals surface area (Å²) in [6.07, 6.45) is 2.00. The molecule has 0 aliphatic carbocycles. The van der Waals surface area contributed by atoms with E-state index in [1.807, 2.05) is 13.8 Å². The van der Waals surface area contributed by atoms with Crippen molar-refractivity contribution in [2.45, 2.75) is 52.0 Å². The van der Waals surface area contributed by atoms with Crippen LogP contribution in [0.2, 0.25) is 0 Å². The van der Waals surface area contributed by atoms with Gasteiger partial charge in [0.05, 0.1) is 7.11 Å². The van der Waals surface area contributed by atoms with Crippen molar-refractivity contribution in [3.05, 3.63) is 0 Å². The van der Waals surface area contributed by atoms with Crippen molar-refractivity contribution in [3.8, 4) is 0 Å². The Bertz CT molecular complexity index is 314. The van der Waals surface area contributed by atoms with Crippen molar-refractivity contribution in [3.63, 3.8) is 0 Å². The Hall–Kier alpha value is -1.59. The van der Waals surface area contributed by atoms with E-state index >= 15 is 0 Å². The number of nitrogens with one attached hydrogen (secondary N) is 1. The fourth-order valence-electron chi connectivity index (χ4n) is 1.62. The first-order valence-electron chi connectivity index (χ1n) is 6.45. The fourth-order valence-corrected chi connectivity index (χ4v) is 1.62. The van der Waals surface area contributed by atoms with E-state index in [4.69, 9.17) is 5.11 Å². The van der Waals surface area contributed by atoms with Crippen molar-refractivity contribution >= 4 is 17.8 Å². The van der Waals surface area contributed by atoms with Crippen LogP contribution >= 0.6 is 0 Å². The zero-order valence-corrected chi connectivity index (χ0v) is 11.8. The van der Waals surface area contributed by atoms with Gasteiger partial charge in [0.25, 0.3) is 0 Å². The van der Waals surface area contributed by atoms with E-state index in [1.54, 1.807) is 0 Å². The van der Waals surface area contributed by atoms with Crippen LogP contribution in [0, 0.1) is 5.92 Å². The molecule has 0 saturated carbocycles. The van der Waals surface area contributed by atoms with Gasteiger partial charge in [0.2, 0.25) is 5.91 Å².